The van der Waals surface area contributed by atoms with E-state index in [0.717, 1.165) is 58.1 Å². The Kier molecular flexibility index (Phi) is 11.4. The van der Waals surface area contributed by atoms with E-state index in [0.29, 0.717) is 24.2 Å². The Morgan fingerprint density at radius 2 is 1.48 bits per heavy atom. The number of hydrogen-bond acceptors (Lipinski definition) is 5. The third-order valence-electron chi connectivity index (χ3n) is 7.81. The second kappa shape index (κ2) is 16.3. The number of rotatable bonds is 16. The molecule has 0 fully saturated rings. The molecule has 238 valence electrons. The van der Waals surface area contributed by atoms with E-state index in [4.69, 9.17) is 14.5 Å². The molecule has 1 heterocycles. The fraction of sp³-hybridized carbons (Fsp3) is 0.289. The molecule has 3 N–H and O–H groups in total. The lowest BCUT2D eigenvalue weighted by atomic mass is 10.1. The van der Waals surface area contributed by atoms with Crippen LogP contribution in [-0.2, 0) is 24.2 Å². The van der Waals surface area contributed by atoms with E-state index in [1.54, 1.807) is 31.4 Å². The van der Waals surface area contributed by atoms with Gasteiger partial charge in [0.05, 0.1) is 31.2 Å². The Morgan fingerprint density at radius 1 is 0.783 bits per heavy atom. The van der Waals surface area contributed by atoms with Gasteiger partial charge in [0.2, 0.25) is 5.91 Å². The molecule has 4 aromatic carbocycles. The van der Waals surface area contributed by atoms with Crippen LogP contribution in [0, 0.1) is 0 Å². The van der Waals surface area contributed by atoms with Gasteiger partial charge in [0.15, 0.2) is 0 Å². The number of fused-ring (bicyclic) bond motifs is 1. The summed E-state index contributed by atoms with van der Waals surface area (Å²) in [5, 5.41) is 5.86. The molecule has 2 amide bonds. The topological polar surface area (TPSA) is 105 Å². The highest BCUT2D eigenvalue weighted by Gasteiger charge is 2.10. The number of ether oxygens (including phenoxy) is 2. The monoisotopic (exact) mass is 618 g/mol. The Labute approximate surface area is 270 Å². The third kappa shape index (κ3) is 9.44. The Morgan fingerprint density at radius 3 is 2.22 bits per heavy atom. The zero-order valence-electron chi connectivity index (χ0n) is 26.6. The summed E-state index contributed by atoms with van der Waals surface area (Å²) in [6, 6.07) is 28.4. The Bertz CT molecular complexity index is 1710. The maximum atomic E-state index is 12.8. The molecule has 0 saturated carbocycles. The molecule has 0 aliphatic heterocycles. The van der Waals surface area contributed by atoms with E-state index in [2.05, 4.69) is 34.7 Å². The highest BCUT2D eigenvalue weighted by atomic mass is 16.5. The van der Waals surface area contributed by atoms with Crippen LogP contribution in [0.4, 0.5) is 5.69 Å². The molecule has 46 heavy (non-hydrogen) atoms. The van der Waals surface area contributed by atoms with Crippen LogP contribution in [0.25, 0.3) is 11.0 Å². The Balaban J connectivity index is 1.08. The quantitative estimate of drug-likeness (QED) is 0.0987. The number of hydrogen-bond donors (Lipinski definition) is 3. The number of anilines is 1. The number of H-pyrrole nitrogens is 1. The number of nitrogens with zero attached hydrogens (tertiary/aromatic N) is 1. The van der Waals surface area contributed by atoms with Crippen LogP contribution in [0.2, 0.25) is 0 Å². The highest BCUT2D eigenvalue weighted by Crippen LogP contribution is 2.19. The normalized spacial score (nSPS) is 10.9. The van der Waals surface area contributed by atoms with Gasteiger partial charge in [-0.2, -0.15) is 0 Å². The van der Waals surface area contributed by atoms with E-state index in [1.165, 1.54) is 25.7 Å². The minimum absolute atomic E-state index is 0.133. The predicted octanol–water partition coefficient (Wildman–Crippen LogP) is 7.62. The van der Waals surface area contributed by atoms with E-state index < -0.39 is 0 Å². The first kappa shape index (κ1) is 32.3. The fourth-order valence-electron chi connectivity index (χ4n) is 5.22. The predicted molar refractivity (Wildman–Crippen MR) is 183 cm³/mol. The molecule has 0 aliphatic rings. The minimum atomic E-state index is -0.189. The van der Waals surface area contributed by atoms with Gasteiger partial charge in [0, 0.05) is 24.2 Å². The van der Waals surface area contributed by atoms with Gasteiger partial charge >= 0.3 is 0 Å². The van der Waals surface area contributed by atoms with Gasteiger partial charge in [-0.25, -0.2) is 4.98 Å². The summed E-state index contributed by atoms with van der Waals surface area (Å²) >= 11 is 0. The number of carbonyl (C=O) groups is 2. The summed E-state index contributed by atoms with van der Waals surface area (Å²) in [4.78, 5) is 33.4. The average molecular weight is 619 g/mol. The molecule has 0 unspecified atom stereocenters. The number of imidazole rings is 1. The SMILES string of the molecule is CCCCCCCOc1ccc(Cc2nc3ccc(CNC(=O)c4ccc(NC(=O)Cc5ccc(OC)cc5)cc4)cc3[nH]2)cc1. The van der Waals surface area contributed by atoms with Crippen molar-refractivity contribution in [3.8, 4) is 11.5 Å². The number of benzene rings is 4. The van der Waals surface area contributed by atoms with Gasteiger partial charge in [-0.3, -0.25) is 9.59 Å². The fourth-order valence-corrected chi connectivity index (χ4v) is 5.22. The summed E-state index contributed by atoms with van der Waals surface area (Å²) < 4.78 is 11.0. The van der Waals surface area contributed by atoms with Crippen molar-refractivity contribution in [3.05, 3.63) is 119 Å². The lowest BCUT2D eigenvalue weighted by molar-refractivity contribution is -0.115. The van der Waals surface area contributed by atoms with E-state index in [9.17, 15) is 9.59 Å². The van der Waals surface area contributed by atoms with Crippen molar-refractivity contribution in [3.63, 3.8) is 0 Å². The van der Waals surface area contributed by atoms with Crippen molar-refractivity contribution in [2.24, 2.45) is 0 Å². The van der Waals surface area contributed by atoms with Crippen LogP contribution in [0.5, 0.6) is 11.5 Å². The van der Waals surface area contributed by atoms with Crippen LogP contribution >= 0.6 is 0 Å². The molecule has 5 aromatic rings. The van der Waals surface area contributed by atoms with Gasteiger partial charge in [-0.05, 0) is 83.8 Å². The molecule has 0 spiro atoms. The summed E-state index contributed by atoms with van der Waals surface area (Å²) in [6.07, 6.45) is 7.07. The standard InChI is InChI=1S/C38H42N4O4/c1-3-4-5-6-7-22-46-33-19-10-27(11-20-33)24-36-41-34-21-12-29(23-35(34)42-36)26-39-38(44)30-13-15-31(16-14-30)40-37(43)25-28-8-17-32(45-2)18-9-28/h8-21,23H,3-7,22,24-26H2,1-2H3,(H,39,44)(H,40,43)(H,41,42). The maximum Gasteiger partial charge on any atom is 0.251 e. The maximum absolute atomic E-state index is 12.8. The molecule has 0 aliphatic carbocycles. The third-order valence-corrected chi connectivity index (χ3v) is 7.81. The van der Waals surface area contributed by atoms with Crippen molar-refractivity contribution in [1.29, 1.82) is 0 Å². The second-order valence-corrected chi connectivity index (χ2v) is 11.5. The molecule has 8 nitrogen and oxygen atoms in total. The lowest BCUT2D eigenvalue weighted by Crippen LogP contribution is -2.22. The number of carbonyl (C=O) groups excluding carboxylic acids is 2. The van der Waals surface area contributed by atoms with E-state index >= 15 is 0 Å². The molecule has 0 saturated heterocycles. The smallest absolute Gasteiger partial charge is 0.251 e. The molecule has 0 atom stereocenters. The zero-order chi connectivity index (χ0) is 32.1. The molecule has 1 aromatic heterocycles. The summed E-state index contributed by atoms with van der Waals surface area (Å²) in [6.45, 7) is 3.36. The first-order chi connectivity index (χ1) is 22.5. The van der Waals surface area contributed by atoms with Crippen LogP contribution in [0.15, 0.2) is 91.0 Å². The van der Waals surface area contributed by atoms with Gasteiger partial charge < -0.3 is 25.1 Å². The molecular formula is C38H42N4O4. The van der Waals surface area contributed by atoms with Crippen LogP contribution < -0.4 is 20.1 Å². The average Bonchev–Trinajstić information content (AvgIpc) is 3.48. The van der Waals surface area contributed by atoms with Crippen LogP contribution in [-0.4, -0.2) is 35.5 Å². The van der Waals surface area contributed by atoms with Crippen molar-refractivity contribution >= 4 is 28.5 Å². The van der Waals surface area contributed by atoms with Gasteiger partial charge in [0.25, 0.3) is 5.91 Å². The van der Waals surface area contributed by atoms with Crippen LogP contribution in [0.3, 0.4) is 0 Å². The largest absolute Gasteiger partial charge is 0.497 e. The molecular weight excluding hydrogens is 576 g/mol. The molecule has 8 heteroatoms. The van der Waals surface area contributed by atoms with Gasteiger partial charge in [-0.1, -0.05) is 62.9 Å². The van der Waals surface area contributed by atoms with Gasteiger partial charge in [0.1, 0.15) is 17.3 Å². The number of amides is 2. The van der Waals surface area contributed by atoms with Crippen molar-refractivity contribution < 1.29 is 19.1 Å². The summed E-state index contributed by atoms with van der Waals surface area (Å²) in [5.41, 5.74) is 5.98. The van der Waals surface area contributed by atoms with Crippen LogP contribution in [0.1, 0.15) is 71.9 Å². The number of methoxy groups -OCH3 is 1. The molecule has 0 bridgehead atoms. The molecule has 5 rings (SSSR count). The summed E-state index contributed by atoms with van der Waals surface area (Å²) in [7, 11) is 1.61. The first-order valence-electron chi connectivity index (χ1n) is 16.0. The second-order valence-electron chi connectivity index (χ2n) is 11.5. The molecule has 0 radical (unpaired) electrons. The van der Waals surface area contributed by atoms with E-state index in [1.807, 2.05) is 54.6 Å². The lowest BCUT2D eigenvalue weighted by Gasteiger charge is -2.08. The van der Waals surface area contributed by atoms with Crippen molar-refractivity contribution in [1.82, 2.24) is 15.3 Å². The number of aromatic nitrogens is 2. The highest BCUT2D eigenvalue weighted by molar-refractivity contribution is 5.96. The number of nitrogens with one attached hydrogen (secondary N) is 3. The van der Waals surface area contributed by atoms with Crippen molar-refractivity contribution in [2.45, 2.75) is 58.4 Å². The van der Waals surface area contributed by atoms with E-state index in [-0.39, 0.29) is 18.2 Å². The zero-order valence-corrected chi connectivity index (χ0v) is 26.6. The summed E-state index contributed by atoms with van der Waals surface area (Å²) in [5.74, 6) is 2.21. The Hall–Kier alpha value is -5.11. The minimum Gasteiger partial charge on any atom is -0.497 e. The number of unbranched alkanes of at least 4 members (excludes halogenated alkanes) is 4. The first-order valence-corrected chi connectivity index (χ1v) is 16.0. The number of aromatic amines is 1. The van der Waals surface area contributed by atoms with Gasteiger partial charge in [-0.15, -0.1) is 0 Å². The van der Waals surface area contributed by atoms with Crippen molar-refractivity contribution in [2.75, 3.05) is 19.0 Å².